The molecule has 24 heavy (non-hydrogen) atoms. The van der Waals surface area contributed by atoms with Crippen molar-refractivity contribution in [1.82, 2.24) is 5.32 Å². The number of halogens is 1. The SMILES string of the molecule is N#CCc1ccc(NC(=O)NCC(=O)Nc2ccc(F)cc2)cc1. The molecule has 3 amide bonds. The molecule has 6 nitrogen and oxygen atoms in total. The summed E-state index contributed by atoms with van der Waals surface area (Å²) in [6.45, 7) is -0.226. The van der Waals surface area contributed by atoms with Crippen LogP contribution in [-0.2, 0) is 11.2 Å². The lowest BCUT2D eigenvalue weighted by Crippen LogP contribution is -2.35. The van der Waals surface area contributed by atoms with E-state index in [4.69, 9.17) is 5.26 Å². The van der Waals surface area contributed by atoms with Gasteiger partial charge < -0.3 is 16.0 Å². The van der Waals surface area contributed by atoms with Gasteiger partial charge in [-0.3, -0.25) is 4.79 Å². The molecule has 0 spiro atoms. The Morgan fingerprint density at radius 1 is 0.958 bits per heavy atom. The van der Waals surface area contributed by atoms with Gasteiger partial charge in [-0.1, -0.05) is 12.1 Å². The van der Waals surface area contributed by atoms with Crippen molar-refractivity contribution in [3.63, 3.8) is 0 Å². The summed E-state index contributed by atoms with van der Waals surface area (Å²) in [5.41, 5.74) is 1.84. The summed E-state index contributed by atoms with van der Waals surface area (Å²) >= 11 is 0. The number of hydrogen-bond acceptors (Lipinski definition) is 3. The third-order valence-electron chi connectivity index (χ3n) is 3.03. The zero-order valence-corrected chi connectivity index (χ0v) is 12.7. The predicted octanol–water partition coefficient (Wildman–Crippen LogP) is 2.65. The van der Waals surface area contributed by atoms with Crippen LogP contribution in [-0.4, -0.2) is 18.5 Å². The van der Waals surface area contributed by atoms with Crippen molar-refractivity contribution >= 4 is 23.3 Å². The maximum absolute atomic E-state index is 12.8. The van der Waals surface area contributed by atoms with Crippen LogP contribution in [0.1, 0.15) is 5.56 Å². The summed E-state index contributed by atoms with van der Waals surface area (Å²) < 4.78 is 12.8. The van der Waals surface area contributed by atoms with Gasteiger partial charge in [0.05, 0.1) is 19.0 Å². The zero-order valence-electron chi connectivity index (χ0n) is 12.7. The molecule has 2 aromatic carbocycles. The van der Waals surface area contributed by atoms with E-state index in [0.717, 1.165) is 5.56 Å². The molecule has 0 saturated heterocycles. The molecule has 0 aliphatic carbocycles. The second-order valence-corrected chi connectivity index (χ2v) is 4.89. The molecule has 0 radical (unpaired) electrons. The van der Waals surface area contributed by atoms with Crippen LogP contribution in [0.4, 0.5) is 20.6 Å². The lowest BCUT2D eigenvalue weighted by atomic mass is 10.1. The van der Waals surface area contributed by atoms with Crippen LogP contribution < -0.4 is 16.0 Å². The van der Waals surface area contributed by atoms with E-state index in [0.29, 0.717) is 17.8 Å². The lowest BCUT2D eigenvalue weighted by molar-refractivity contribution is -0.115. The topological polar surface area (TPSA) is 94.0 Å². The smallest absolute Gasteiger partial charge is 0.319 e. The van der Waals surface area contributed by atoms with E-state index in [1.54, 1.807) is 24.3 Å². The second-order valence-electron chi connectivity index (χ2n) is 4.89. The largest absolute Gasteiger partial charge is 0.329 e. The van der Waals surface area contributed by atoms with Crippen LogP contribution in [0, 0.1) is 17.1 Å². The third-order valence-corrected chi connectivity index (χ3v) is 3.03. The predicted molar refractivity (Wildman–Crippen MR) is 87.8 cm³/mol. The number of urea groups is 1. The first-order chi connectivity index (χ1) is 11.6. The van der Waals surface area contributed by atoms with E-state index in [9.17, 15) is 14.0 Å². The number of nitrogens with zero attached hydrogens (tertiary/aromatic N) is 1. The Bertz CT molecular complexity index is 752. The van der Waals surface area contributed by atoms with E-state index < -0.39 is 17.8 Å². The lowest BCUT2D eigenvalue weighted by Gasteiger charge is -2.09. The highest BCUT2D eigenvalue weighted by atomic mass is 19.1. The molecule has 3 N–H and O–H groups in total. The first-order valence-corrected chi connectivity index (χ1v) is 7.13. The van der Waals surface area contributed by atoms with Gasteiger partial charge >= 0.3 is 6.03 Å². The Hall–Kier alpha value is -3.40. The highest BCUT2D eigenvalue weighted by Crippen LogP contribution is 2.10. The van der Waals surface area contributed by atoms with Gasteiger partial charge in [-0.15, -0.1) is 0 Å². The molecule has 0 saturated carbocycles. The van der Waals surface area contributed by atoms with Crippen molar-refractivity contribution in [1.29, 1.82) is 5.26 Å². The Morgan fingerprint density at radius 2 is 1.54 bits per heavy atom. The van der Waals surface area contributed by atoms with Crippen molar-refractivity contribution in [2.75, 3.05) is 17.2 Å². The minimum Gasteiger partial charge on any atom is -0.329 e. The number of rotatable bonds is 5. The van der Waals surface area contributed by atoms with Gasteiger partial charge in [0.15, 0.2) is 0 Å². The van der Waals surface area contributed by atoms with Crippen LogP contribution in [0.15, 0.2) is 48.5 Å². The van der Waals surface area contributed by atoms with Crippen LogP contribution in [0.25, 0.3) is 0 Å². The van der Waals surface area contributed by atoms with Crippen molar-refractivity contribution < 1.29 is 14.0 Å². The van der Waals surface area contributed by atoms with E-state index in [1.165, 1.54) is 24.3 Å². The first kappa shape index (κ1) is 17.0. The molecule has 7 heteroatoms. The Morgan fingerprint density at radius 3 is 2.17 bits per heavy atom. The highest BCUT2D eigenvalue weighted by Gasteiger charge is 2.06. The van der Waals surface area contributed by atoms with Gasteiger partial charge in [-0.05, 0) is 42.0 Å². The van der Waals surface area contributed by atoms with E-state index in [2.05, 4.69) is 16.0 Å². The standard InChI is InChI=1S/C17H15FN4O2/c18-13-3-7-14(8-4-13)21-16(23)11-20-17(24)22-15-5-1-12(2-6-15)9-10-19/h1-8H,9,11H2,(H,21,23)(H2,20,22,24). The van der Waals surface area contributed by atoms with Crippen molar-refractivity contribution in [2.45, 2.75) is 6.42 Å². The molecular weight excluding hydrogens is 311 g/mol. The quantitative estimate of drug-likeness (QED) is 0.788. The fourth-order valence-corrected chi connectivity index (χ4v) is 1.87. The van der Waals surface area contributed by atoms with Crippen molar-refractivity contribution in [3.05, 3.63) is 59.9 Å². The number of hydrogen-bond donors (Lipinski definition) is 3. The number of carbonyl (C=O) groups is 2. The number of nitrogens with one attached hydrogen (secondary N) is 3. The number of benzene rings is 2. The molecule has 0 aliphatic rings. The summed E-state index contributed by atoms with van der Waals surface area (Å²) in [4.78, 5) is 23.4. The molecule has 2 rings (SSSR count). The Labute approximate surface area is 138 Å². The summed E-state index contributed by atoms with van der Waals surface area (Å²) in [5, 5.41) is 16.1. The van der Waals surface area contributed by atoms with E-state index in [-0.39, 0.29) is 6.54 Å². The number of carbonyl (C=O) groups excluding carboxylic acids is 2. The van der Waals surface area contributed by atoms with Gasteiger partial charge in [0.2, 0.25) is 5.91 Å². The summed E-state index contributed by atoms with van der Waals surface area (Å²) in [7, 11) is 0. The average molecular weight is 326 g/mol. The molecule has 0 aliphatic heterocycles. The first-order valence-electron chi connectivity index (χ1n) is 7.13. The molecule has 2 aromatic rings. The van der Waals surface area contributed by atoms with Crippen LogP contribution in [0.2, 0.25) is 0 Å². The Balaban J connectivity index is 1.77. The zero-order chi connectivity index (χ0) is 17.4. The second kappa shape index (κ2) is 8.29. The summed E-state index contributed by atoms with van der Waals surface area (Å²) in [5.74, 6) is -0.826. The molecule has 0 fully saturated rings. The summed E-state index contributed by atoms with van der Waals surface area (Å²) in [6.07, 6.45) is 0.302. The molecule has 122 valence electrons. The highest BCUT2D eigenvalue weighted by molar-refractivity contribution is 5.96. The van der Waals surface area contributed by atoms with Gasteiger partial charge in [0.1, 0.15) is 5.82 Å². The normalized spacial score (nSPS) is 9.67. The van der Waals surface area contributed by atoms with Gasteiger partial charge in [0.25, 0.3) is 0 Å². The molecule has 0 aromatic heterocycles. The molecule has 0 heterocycles. The Kier molecular flexibility index (Phi) is 5.86. The van der Waals surface area contributed by atoms with E-state index >= 15 is 0 Å². The average Bonchev–Trinajstić information content (AvgIpc) is 2.57. The molecular formula is C17H15FN4O2. The molecule has 0 atom stereocenters. The number of anilines is 2. The van der Waals surface area contributed by atoms with E-state index in [1.807, 2.05) is 6.07 Å². The molecule has 0 unspecified atom stereocenters. The fraction of sp³-hybridized carbons (Fsp3) is 0.118. The van der Waals surface area contributed by atoms with Crippen LogP contribution in [0.3, 0.4) is 0 Å². The number of amides is 3. The monoisotopic (exact) mass is 326 g/mol. The maximum atomic E-state index is 12.8. The van der Waals surface area contributed by atoms with Gasteiger partial charge in [-0.2, -0.15) is 5.26 Å². The maximum Gasteiger partial charge on any atom is 0.319 e. The van der Waals surface area contributed by atoms with Gasteiger partial charge in [-0.25, -0.2) is 9.18 Å². The van der Waals surface area contributed by atoms with Crippen LogP contribution >= 0.6 is 0 Å². The minimum absolute atomic E-state index is 0.226. The van der Waals surface area contributed by atoms with Crippen molar-refractivity contribution in [3.8, 4) is 6.07 Å². The third kappa shape index (κ3) is 5.42. The van der Waals surface area contributed by atoms with Crippen molar-refractivity contribution in [2.24, 2.45) is 0 Å². The number of nitriles is 1. The summed E-state index contributed by atoms with van der Waals surface area (Å²) in [6, 6.07) is 13.6. The van der Waals surface area contributed by atoms with Crippen LogP contribution in [0.5, 0.6) is 0 Å². The minimum atomic E-state index is -0.530. The molecule has 0 bridgehead atoms. The van der Waals surface area contributed by atoms with Gasteiger partial charge in [0, 0.05) is 11.4 Å². The fourth-order valence-electron chi connectivity index (χ4n) is 1.87.